The number of anilines is 1. The molecule has 214 valence electrons. The number of carbonyl (C=O) groups is 2. The fraction of sp³-hybridized carbons (Fsp3) is 0.310. The van der Waals surface area contributed by atoms with E-state index in [1.165, 1.54) is 29.2 Å². The number of benzene rings is 3. The average Bonchev–Trinajstić information content (AvgIpc) is 2.90. The topological polar surface area (TPSA) is 86.8 Å². The van der Waals surface area contributed by atoms with Gasteiger partial charge in [0.2, 0.25) is 11.8 Å². The molecule has 1 atom stereocenters. The Balaban J connectivity index is 2.04. The summed E-state index contributed by atoms with van der Waals surface area (Å²) < 4.78 is 42.2. The molecule has 0 bridgehead atoms. The molecule has 2 amide bonds. The van der Waals surface area contributed by atoms with Crippen molar-refractivity contribution in [1.29, 1.82) is 0 Å². The van der Waals surface area contributed by atoms with Gasteiger partial charge in [0.05, 0.1) is 10.6 Å². The lowest BCUT2D eigenvalue weighted by Crippen LogP contribution is -2.51. The molecule has 0 saturated carbocycles. The lowest BCUT2D eigenvalue weighted by molar-refractivity contribution is -0.139. The summed E-state index contributed by atoms with van der Waals surface area (Å²) in [6.07, 6.45) is 0. The molecule has 7 nitrogen and oxygen atoms in total. The van der Waals surface area contributed by atoms with E-state index in [4.69, 9.17) is 23.2 Å². The fourth-order valence-electron chi connectivity index (χ4n) is 3.86. The molecule has 0 spiro atoms. The predicted molar refractivity (Wildman–Crippen MR) is 156 cm³/mol. The molecule has 3 aromatic rings. The molecule has 0 unspecified atom stereocenters. The first kappa shape index (κ1) is 31.4. The highest BCUT2D eigenvalue weighted by Gasteiger charge is 2.33. The zero-order chi connectivity index (χ0) is 29.6. The highest BCUT2D eigenvalue weighted by molar-refractivity contribution is 7.92. The molecule has 0 aromatic heterocycles. The summed E-state index contributed by atoms with van der Waals surface area (Å²) in [6, 6.07) is 14.8. The molecule has 0 heterocycles. The maximum atomic E-state index is 13.9. The van der Waals surface area contributed by atoms with E-state index in [1.54, 1.807) is 37.3 Å². The van der Waals surface area contributed by atoms with E-state index >= 15 is 0 Å². The Morgan fingerprint density at radius 3 is 2.05 bits per heavy atom. The van der Waals surface area contributed by atoms with E-state index in [-0.39, 0.29) is 23.0 Å². The molecule has 0 fully saturated rings. The van der Waals surface area contributed by atoms with Gasteiger partial charge < -0.3 is 10.2 Å². The largest absolute Gasteiger partial charge is 0.354 e. The number of halogens is 3. The third kappa shape index (κ3) is 7.74. The van der Waals surface area contributed by atoms with E-state index in [1.807, 2.05) is 20.8 Å². The van der Waals surface area contributed by atoms with Gasteiger partial charge in [-0.1, -0.05) is 60.8 Å². The number of aryl methyl sites for hydroxylation is 1. The maximum Gasteiger partial charge on any atom is 0.264 e. The Bertz CT molecular complexity index is 1430. The van der Waals surface area contributed by atoms with Crippen LogP contribution in [0.3, 0.4) is 0 Å². The Hall–Kier alpha value is -3.14. The van der Waals surface area contributed by atoms with Crippen molar-refractivity contribution in [2.75, 3.05) is 17.4 Å². The van der Waals surface area contributed by atoms with E-state index in [0.29, 0.717) is 22.2 Å². The van der Waals surface area contributed by atoms with Crippen molar-refractivity contribution in [3.8, 4) is 0 Å². The van der Waals surface area contributed by atoms with Gasteiger partial charge >= 0.3 is 0 Å². The lowest BCUT2D eigenvalue weighted by atomic mass is 10.1. The van der Waals surface area contributed by atoms with Gasteiger partial charge in [-0.15, -0.1) is 0 Å². The smallest absolute Gasteiger partial charge is 0.264 e. The normalized spacial score (nSPS) is 12.2. The van der Waals surface area contributed by atoms with Gasteiger partial charge in [-0.05, 0) is 68.3 Å². The maximum absolute atomic E-state index is 13.9. The number of amides is 2. The van der Waals surface area contributed by atoms with Gasteiger partial charge in [0, 0.05) is 28.7 Å². The number of rotatable bonds is 11. The minimum atomic E-state index is -4.26. The third-order valence-electron chi connectivity index (χ3n) is 6.24. The summed E-state index contributed by atoms with van der Waals surface area (Å²) in [6.45, 7) is 6.83. The molecule has 40 heavy (non-hydrogen) atoms. The van der Waals surface area contributed by atoms with E-state index < -0.39 is 40.2 Å². The number of sulfonamides is 1. The summed E-state index contributed by atoms with van der Waals surface area (Å²) >= 11 is 12.8. The Morgan fingerprint density at radius 1 is 0.925 bits per heavy atom. The summed E-state index contributed by atoms with van der Waals surface area (Å²) in [5.41, 5.74) is 1.35. The van der Waals surface area contributed by atoms with Crippen LogP contribution in [-0.2, 0) is 26.2 Å². The summed E-state index contributed by atoms with van der Waals surface area (Å²) in [7, 11) is -4.26. The first-order chi connectivity index (χ1) is 18.8. The highest BCUT2D eigenvalue weighted by Crippen LogP contribution is 2.28. The minimum absolute atomic E-state index is 0.0429. The van der Waals surface area contributed by atoms with Crippen LogP contribution in [0.4, 0.5) is 10.1 Å². The van der Waals surface area contributed by atoms with Crippen LogP contribution in [0.1, 0.15) is 31.9 Å². The van der Waals surface area contributed by atoms with Crippen LogP contribution in [0.5, 0.6) is 0 Å². The molecule has 1 N–H and O–H groups in total. The number of nitrogens with zero attached hydrogens (tertiary/aromatic N) is 2. The second-order valence-electron chi connectivity index (χ2n) is 9.84. The van der Waals surface area contributed by atoms with Gasteiger partial charge in [0.25, 0.3) is 10.0 Å². The second kappa shape index (κ2) is 13.5. The van der Waals surface area contributed by atoms with Crippen molar-refractivity contribution in [1.82, 2.24) is 10.2 Å². The van der Waals surface area contributed by atoms with Crippen LogP contribution in [0.2, 0.25) is 10.0 Å². The molecule has 0 aliphatic carbocycles. The quantitative estimate of drug-likeness (QED) is 0.297. The van der Waals surface area contributed by atoms with Crippen molar-refractivity contribution in [2.24, 2.45) is 5.92 Å². The van der Waals surface area contributed by atoms with Gasteiger partial charge in [0.1, 0.15) is 18.4 Å². The lowest BCUT2D eigenvalue weighted by Gasteiger charge is -2.32. The van der Waals surface area contributed by atoms with Gasteiger partial charge in [0.15, 0.2) is 0 Å². The van der Waals surface area contributed by atoms with Crippen molar-refractivity contribution in [2.45, 2.75) is 45.2 Å². The van der Waals surface area contributed by atoms with Crippen molar-refractivity contribution >= 4 is 50.7 Å². The second-order valence-corrected chi connectivity index (χ2v) is 12.5. The van der Waals surface area contributed by atoms with Crippen molar-refractivity contribution < 1.29 is 22.4 Å². The summed E-state index contributed by atoms with van der Waals surface area (Å²) in [5.74, 6) is -1.48. The molecule has 11 heteroatoms. The Labute approximate surface area is 244 Å². The highest BCUT2D eigenvalue weighted by atomic mass is 35.5. The number of carbonyl (C=O) groups excluding carboxylic acids is 2. The fourth-order valence-corrected chi connectivity index (χ4v) is 5.79. The monoisotopic (exact) mass is 607 g/mol. The molecule has 3 rings (SSSR count). The first-order valence-electron chi connectivity index (χ1n) is 12.7. The zero-order valence-electron chi connectivity index (χ0n) is 22.7. The number of hydrogen-bond donors (Lipinski definition) is 1. The van der Waals surface area contributed by atoms with Crippen molar-refractivity contribution in [3.05, 3.63) is 93.7 Å². The Kier molecular flexibility index (Phi) is 10.6. The van der Waals surface area contributed by atoms with E-state index in [9.17, 15) is 22.4 Å². The van der Waals surface area contributed by atoms with Gasteiger partial charge in [-0.2, -0.15) is 0 Å². The van der Waals surface area contributed by atoms with E-state index in [0.717, 1.165) is 22.0 Å². The number of hydrogen-bond acceptors (Lipinski definition) is 4. The molecule has 0 radical (unpaired) electrons. The van der Waals surface area contributed by atoms with Crippen LogP contribution < -0.4 is 9.62 Å². The molecule has 0 aliphatic rings. The Morgan fingerprint density at radius 2 is 1.50 bits per heavy atom. The number of nitrogens with one attached hydrogen (secondary N) is 1. The zero-order valence-corrected chi connectivity index (χ0v) is 25.0. The van der Waals surface area contributed by atoms with Crippen LogP contribution in [0.25, 0.3) is 0 Å². The minimum Gasteiger partial charge on any atom is -0.354 e. The summed E-state index contributed by atoms with van der Waals surface area (Å²) in [5, 5.41) is 3.40. The molecule has 0 aliphatic heterocycles. The predicted octanol–water partition coefficient (Wildman–Crippen LogP) is 5.83. The standard InChI is InChI=1S/C29H32Cl2FN3O4S/c1-19(2)16-33-29(37)21(4)34(17-25-26(30)6-5-7-27(25)31)28(36)18-35(23-12-10-22(32)11-13-23)40(38,39)24-14-8-20(3)9-15-24/h5-15,19,21H,16-18H2,1-4H3,(H,33,37)/t21-/m1/s1. The molecule has 3 aromatic carbocycles. The molecule has 0 saturated heterocycles. The van der Waals surface area contributed by atoms with Crippen LogP contribution in [0.15, 0.2) is 71.6 Å². The third-order valence-corrected chi connectivity index (χ3v) is 8.74. The van der Waals surface area contributed by atoms with E-state index in [2.05, 4.69) is 5.32 Å². The average molecular weight is 609 g/mol. The molecular formula is C29H32Cl2FN3O4S. The molecular weight excluding hydrogens is 576 g/mol. The van der Waals surface area contributed by atoms with Gasteiger partial charge in [-0.25, -0.2) is 12.8 Å². The van der Waals surface area contributed by atoms with Crippen LogP contribution >= 0.6 is 23.2 Å². The summed E-state index contributed by atoms with van der Waals surface area (Å²) in [4.78, 5) is 28.2. The van der Waals surface area contributed by atoms with Gasteiger partial charge in [-0.3, -0.25) is 13.9 Å². The van der Waals surface area contributed by atoms with Crippen molar-refractivity contribution in [3.63, 3.8) is 0 Å². The van der Waals surface area contributed by atoms with Crippen LogP contribution in [-0.4, -0.2) is 44.3 Å². The SMILES string of the molecule is Cc1ccc(S(=O)(=O)N(CC(=O)N(Cc2c(Cl)cccc2Cl)[C@H](C)C(=O)NCC(C)C)c2ccc(F)cc2)cc1. The first-order valence-corrected chi connectivity index (χ1v) is 14.9. The van der Waals surface area contributed by atoms with Crippen LogP contribution in [0, 0.1) is 18.7 Å².